The van der Waals surface area contributed by atoms with Crippen LogP contribution in [-0.2, 0) is 22.4 Å². The van der Waals surface area contributed by atoms with Crippen molar-refractivity contribution in [2.75, 3.05) is 25.0 Å². The first kappa shape index (κ1) is 16.3. The van der Waals surface area contributed by atoms with Gasteiger partial charge in [-0.3, -0.25) is 0 Å². The highest BCUT2D eigenvalue weighted by molar-refractivity contribution is 7.90. The van der Waals surface area contributed by atoms with Crippen LogP contribution in [0.4, 0.5) is 0 Å². The zero-order valence-corrected chi connectivity index (χ0v) is 10.7. The maximum atomic E-state index is 9.56. The van der Waals surface area contributed by atoms with Crippen LogP contribution in [0, 0.1) is 0 Å². The van der Waals surface area contributed by atoms with Crippen LogP contribution in [0.1, 0.15) is 0 Å². The molecule has 0 radical (unpaired) electrons. The van der Waals surface area contributed by atoms with E-state index in [0.717, 1.165) is 0 Å². The van der Waals surface area contributed by atoms with Gasteiger partial charge in [0.25, 0.3) is 0 Å². The Morgan fingerprint density at radius 1 is 0.571 bits per heavy atom. The summed E-state index contributed by atoms with van der Waals surface area (Å²) in [5, 5.41) is 0. The van der Waals surface area contributed by atoms with E-state index in [9.17, 15) is 9.11 Å². The van der Waals surface area contributed by atoms with Gasteiger partial charge in [-0.1, -0.05) is 58.7 Å². The lowest BCUT2D eigenvalue weighted by molar-refractivity contribution is 0.605. The molecule has 0 spiro atoms. The molecule has 1 rings (SSSR count). The standard InChI is InChI=1S/C6H6.2C2H6OS/c1-2-4-6-5-3-1;2*1-4(2)3/h1-6H;2*1-2H3. The highest BCUT2D eigenvalue weighted by atomic mass is 32.2. The summed E-state index contributed by atoms with van der Waals surface area (Å²) >= 11 is -1.22. The Kier molecular flexibility index (Phi) is 14.9. The average molecular weight is 234 g/mol. The van der Waals surface area contributed by atoms with Gasteiger partial charge in [-0.15, -0.1) is 0 Å². The van der Waals surface area contributed by atoms with E-state index < -0.39 is 22.4 Å². The van der Waals surface area contributed by atoms with Crippen molar-refractivity contribution in [3.05, 3.63) is 36.4 Å². The van der Waals surface area contributed by atoms with E-state index in [1.807, 2.05) is 36.4 Å². The normalized spacial score (nSPS) is 8.57. The molecular weight excluding hydrogens is 216 g/mol. The highest BCUT2D eigenvalue weighted by Crippen LogP contribution is 1.79. The molecule has 0 saturated heterocycles. The lowest BCUT2D eigenvalue weighted by atomic mass is 10.4. The van der Waals surface area contributed by atoms with Crippen LogP contribution in [-0.4, -0.2) is 34.1 Å². The third-order valence-corrected chi connectivity index (χ3v) is 0.667. The van der Waals surface area contributed by atoms with E-state index in [2.05, 4.69) is 0 Å². The van der Waals surface area contributed by atoms with Gasteiger partial charge in [0.05, 0.1) is 25.0 Å². The van der Waals surface area contributed by atoms with Crippen molar-refractivity contribution in [3.63, 3.8) is 0 Å². The van der Waals surface area contributed by atoms with Crippen LogP contribution in [0.2, 0.25) is 0 Å². The van der Waals surface area contributed by atoms with Gasteiger partial charge in [-0.05, 0) is 0 Å². The van der Waals surface area contributed by atoms with E-state index >= 15 is 0 Å². The van der Waals surface area contributed by atoms with Crippen molar-refractivity contribution < 1.29 is 9.11 Å². The van der Waals surface area contributed by atoms with Gasteiger partial charge in [-0.2, -0.15) is 0 Å². The number of hydrogen-bond donors (Lipinski definition) is 0. The summed E-state index contributed by atoms with van der Waals surface area (Å²) in [4.78, 5) is 0. The summed E-state index contributed by atoms with van der Waals surface area (Å²) in [7, 11) is 0. The minimum atomic E-state index is -0.611. The van der Waals surface area contributed by atoms with Crippen molar-refractivity contribution in [2.24, 2.45) is 0 Å². The molecule has 0 aliphatic rings. The summed E-state index contributed by atoms with van der Waals surface area (Å²) in [6, 6.07) is 12.0. The van der Waals surface area contributed by atoms with Gasteiger partial charge in [-0.25, -0.2) is 0 Å². The second-order valence-corrected chi connectivity index (χ2v) is 5.60. The third-order valence-electron chi connectivity index (χ3n) is 0.667. The molecule has 4 heteroatoms. The maximum Gasteiger partial charge on any atom is 0.0946 e. The summed E-state index contributed by atoms with van der Waals surface area (Å²) < 4.78 is 19.1. The van der Waals surface area contributed by atoms with Crippen LogP contribution in [0.5, 0.6) is 0 Å². The molecule has 0 atom stereocenters. The molecule has 82 valence electrons. The van der Waals surface area contributed by atoms with Crippen molar-refractivity contribution in [3.8, 4) is 0 Å². The van der Waals surface area contributed by atoms with Gasteiger partial charge in [0, 0.05) is 0 Å². The average Bonchev–Trinajstić information content (AvgIpc) is 2.05. The van der Waals surface area contributed by atoms with Crippen molar-refractivity contribution in [2.45, 2.75) is 0 Å². The van der Waals surface area contributed by atoms with E-state index in [1.165, 1.54) is 0 Å². The molecule has 2 nitrogen and oxygen atoms in total. The summed E-state index contributed by atoms with van der Waals surface area (Å²) in [5.74, 6) is 0. The fraction of sp³-hybridized carbons (Fsp3) is 0.400. The summed E-state index contributed by atoms with van der Waals surface area (Å²) in [6.07, 6.45) is 6.56. The minimum absolute atomic E-state index is 0.611. The number of benzene rings is 1. The Morgan fingerprint density at radius 2 is 0.643 bits per heavy atom. The first-order chi connectivity index (χ1) is 6.46. The fourth-order valence-corrected chi connectivity index (χ4v) is 0.385. The van der Waals surface area contributed by atoms with E-state index in [1.54, 1.807) is 25.0 Å². The SMILES string of the molecule is C[S+](C)[O-].C[S+](C)[O-].c1ccccc1. The Bertz CT molecular complexity index is 141. The summed E-state index contributed by atoms with van der Waals surface area (Å²) in [6.45, 7) is 0. The van der Waals surface area contributed by atoms with Crippen LogP contribution in [0.3, 0.4) is 0 Å². The maximum absolute atomic E-state index is 9.56. The molecule has 0 unspecified atom stereocenters. The highest BCUT2D eigenvalue weighted by Gasteiger charge is 1.66. The largest absolute Gasteiger partial charge is 0.617 e. The molecule has 0 amide bonds. The number of rotatable bonds is 0. The zero-order chi connectivity index (χ0) is 11.4. The fourth-order valence-electron chi connectivity index (χ4n) is 0.385. The van der Waals surface area contributed by atoms with Crippen LogP contribution in [0.25, 0.3) is 0 Å². The molecule has 1 aromatic rings. The van der Waals surface area contributed by atoms with Crippen LogP contribution >= 0.6 is 0 Å². The Labute approximate surface area is 93.1 Å². The quantitative estimate of drug-likeness (QED) is 0.641. The number of hydrogen-bond acceptors (Lipinski definition) is 2. The molecule has 0 aliphatic heterocycles. The molecule has 0 bridgehead atoms. The van der Waals surface area contributed by atoms with Crippen LogP contribution < -0.4 is 0 Å². The second kappa shape index (κ2) is 12.8. The Balaban J connectivity index is 0. The molecule has 0 saturated carbocycles. The zero-order valence-electron chi connectivity index (χ0n) is 9.10. The summed E-state index contributed by atoms with van der Waals surface area (Å²) in [5.41, 5.74) is 0. The van der Waals surface area contributed by atoms with Crippen LogP contribution in [0.15, 0.2) is 36.4 Å². The molecule has 0 fully saturated rings. The van der Waals surface area contributed by atoms with Crippen molar-refractivity contribution >= 4 is 22.4 Å². The van der Waals surface area contributed by atoms with Crippen molar-refractivity contribution in [1.29, 1.82) is 0 Å². The molecule has 1 aromatic carbocycles. The predicted molar refractivity (Wildman–Crippen MR) is 66.4 cm³/mol. The van der Waals surface area contributed by atoms with Gasteiger partial charge in [0.1, 0.15) is 0 Å². The first-order valence-electron chi connectivity index (χ1n) is 3.97. The predicted octanol–water partition coefficient (Wildman–Crippen LogP) is 1.68. The van der Waals surface area contributed by atoms with E-state index in [0.29, 0.717) is 0 Å². The Morgan fingerprint density at radius 3 is 0.714 bits per heavy atom. The molecule has 0 aliphatic carbocycles. The third kappa shape index (κ3) is 40.8. The van der Waals surface area contributed by atoms with Gasteiger partial charge >= 0.3 is 0 Å². The Hall–Kier alpha value is -0.160. The lowest BCUT2D eigenvalue weighted by Crippen LogP contribution is -1.86. The van der Waals surface area contributed by atoms with E-state index in [-0.39, 0.29) is 0 Å². The minimum Gasteiger partial charge on any atom is -0.617 e. The smallest absolute Gasteiger partial charge is 0.0946 e. The van der Waals surface area contributed by atoms with E-state index in [4.69, 9.17) is 0 Å². The lowest BCUT2D eigenvalue weighted by Gasteiger charge is -1.87. The van der Waals surface area contributed by atoms with Gasteiger partial charge < -0.3 is 9.11 Å². The van der Waals surface area contributed by atoms with Gasteiger partial charge in [0.15, 0.2) is 0 Å². The molecule has 14 heavy (non-hydrogen) atoms. The molecular formula is C10H18O2S2. The molecule has 0 aromatic heterocycles. The monoisotopic (exact) mass is 234 g/mol. The first-order valence-corrected chi connectivity index (χ1v) is 7.90. The molecule has 0 heterocycles. The van der Waals surface area contributed by atoms with Gasteiger partial charge in [0.2, 0.25) is 0 Å². The molecule has 0 N–H and O–H groups in total. The van der Waals surface area contributed by atoms with Crippen molar-refractivity contribution in [1.82, 2.24) is 0 Å². The second-order valence-electron chi connectivity index (χ2n) is 2.64. The topological polar surface area (TPSA) is 46.1 Å².